The Morgan fingerprint density at radius 1 is 1.22 bits per heavy atom. The van der Waals surface area contributed by atoms with Gasteiger partial charge in [0.1, 0.15) is 11.6 Å². The van der Waals surface area contributed by atoms with Gasteiger partial charge in [0, 0.05) is 43.5 Å². The van der Waals surface area contributed by atoms with Crippen molar-refractivity contribution in [3.05, 3.63) is 54.7 Å². The van der Waals surface area contributed by atoms with E-state index >= 15 is 0 Å². The van der Waals surface area contributed by atoms with Crippen LogP contribution < -0.4 is 15.4 Å². The molecular weight excluding hydrogens is 509 g/mol. The van der Waals surface area contributed by atoms with Crippen LogP contribution in [0.15, 0.2) is 48.9 Å². The summed E-state index contributed by atoms with van der Waals surface area (Å²) in [4.78, 5) is 32.7. The maximum atomic E-state index is 14.8. The largest absolute Gasteiger partial charge is 0.467 e. The predicted octanol–water partition coefficient (Wildman–Crippen LogP) is 3.37. The number of carbonyl (C=O) groups excluding carboxylic acids is 2. The number of aryl methyl sites for hydroxylation is 1. The molecular formula is C23H20FN5O5S2. The monoisotopic (exact) mass is 529 g/mol. The van der Waals surface area contributed by atoms with E-state index in [9.17, 15) is 19.1 Å². The van der Waals surface area contributed by atoms with Gasteiger partial charge in [-0.1, -0.05) is 0 Å². The number of aliphatic hydroxyl groups excluding tert-OH is 1. The number of thiophene rings is 1. The molecule has 0 aliphatic heterocycles. The van der Waals surface area contributed by atoms with Gasteiger partial charge in [-0.25, -0.2) is 14.2 Å². The molecule has 0 aliphatic carbocycles. The van der Waals surface area contributed by atoms with Crippen LogP contribution in [0.5, 0.6) is 11.5 Å². The van der Waals surface area contributed by atoms with Gasteiger partial charge >= 0.3 is 5.97 Å². The van der Waals surface area contributed by atoms with E-state index in [4.69, 9.17) is 17.0 Å². The normalized spacial score (nSPS) is 11.7. The van der Waals surface area contributed by atoms with Gasteiger partial charge in [0.15, 0.2) is 22.8 Å². The summed E-state index contributed by atoms with van der Waals surface area (Å²) in [6.07, 6.45) is 2.98. The number of anilines is 1. The Morgan fingerprint density at radius 3 is 2.72 bits per heavy atom. The lowest BCUT2D eigenvalue weighted by Crippen LogP contribution is -2.37. The van der Waals surface area contributed by atoms with Crippen LogP contribution in [-0.2, 0) is 21.4 Å². The Hall–Kier alpha value is -3.94. The van der Waals surface area contributed by atoms with Crippen molar-refractivity contribution in [3.63, 3.8) is 0 Å². The first-order valence-corrected chi connectivity index (χ1v) is 11.7. The van der Waals surface area contributed by atoms with E-state index in [0.29, 0.717) is 11.3 Å². The smallest absolute Gasteiger partial charge is 0.335 e. The number of hydrogen-bond donors (Lipinski definition) is 3. The quantitative estimate of drug-likeness (QED) is 0.244. The molecule has 0 radical (unpaired) electrons. The summed E-state index contributed by atoms with van der Waals surface area (Å²) in [5.41, 5.74) is 0.958. The Balaban J connectivity index is 1.44. The zero-order valence-corrected chi connectivity index (χ0v) is 20.7. The van der Waals surface area contributed by atoms with Crippen LogP contribution in [0.4, 0.5) is 10.1 Å². The van der Waals surface area contributed by atoms with Crippen LogP contribution in [-0.4, -0.2) is 49.8 Å². The maximum absolute atomic E-state index is 14.8. The van der Waals surface area contributed by atoms with Gasteiger partial charge in [0.25, 0.3) is 0 Å². The lowest BCUT2D eigenvalue weighted by atomic mass is 10.2. The minimum absolute atomic E-state index is 0.0175. The number of benzene rings is 1. The van der Waals surface area contributed by atoms with E-state index in [0.717, 1.165) is 28.6 Å². The molecule has 3 aromatic heterocycles. The number of fused-ring (bicyclic) bond motifs is 1. The first-order chi connectivity index (χ1) is 17.2. The molecule has 10 nitrogen and oxygen atoms in total. The zero-order chi connectivity index (χ0) is 25.8. The Labute approximate surface area is 213 Å². The first kappa shape index (κ1) is 25.2. The van der Waals surface area contributed by atoms with E-state index < -0.39 is 30.2 Å². The third-order valence-electron chi connectivity index (χ3n) is 4.93. The Kier molecular flexibility index (Phi) is 7.52. The molecule has 0 spiro atoms. The summed E-state index contributed by atoms with van der Waals surface area (Å²) in [6.45, 7) is 0. The fourth-order valence-corrected chi connectivity index (χ4v) is 4.56. The van der Waals surface area contributed by atoms with Crippen molar-refractivity contribution < 1.29 is 28.6 Å². The third kappa shape index (κ3) is 5.64. The van der Waals surface area contributed by atoms with E-state index in [1.807, 2.05) is 23.9 Å². The van der Waals surface area contributed by atoms with Crippen LogP contribution in [0.3, 0.4) is 0 Å². The number of carbonyl (C=O) groups is 2. The van der Waals surface area contributed by atoms with Crippen LogP contribution in [0.2, 0.25) is 0 Å². The number of esters is 1. The molecule has 0 fully saturated rings. The maximum Gasteiger partial charge on any atom is 0.335 e. The fraction of sp³-hybridized carbons (Fsp3) is 0.174. The van der Waals surface area contributed by atoms with Gasteiger partial charge in [-0.2, -0.15) is 0 Å². The van der Waals surface area contributed by atoms with Crippen LogP contribution in [0.25, 0.3) is 20.9 Å². The van der Waals surface area contributed by atoms with E-state index in [-0.39, 0.29) is 16.5 Å². The number of nitrogens with zero attached hydrogens (tertiary/aromatic N) is 3. The molecule has 4 aromatic rings. The number of amides is 1. The van der Waals surface area contributed by atoms with Crippen LogP contribution in [0, 0.1) is 5.82 Å². The SMILES string of the molecule is COC(=O)[C@H](O)CC(=O)NC(=S)Nc1ccc(Oc2ccnc3cc(-c4nccn4C)sc23)c(F)c1. The van der Waals surface area contributed by atoms with Gasteiger partial charge in [-0.05, 0) is 30.4 Å². The number of pyridine rings is 1. The van der Waals surface area contributed by atoms with Gasteiger partial charge in [-0.3, -0.25) is 9.78 Å². The highest BCUT2D eigenvalue weighted by atomic mass is 32.1. The van der Waals surface area contributed by atoms with Gasteiger partial charge in [0.2, 0.25) is 5.91 Å². The van der Waals surface area contributed by atoms with Crippen molar-refractivity contribution >= 4 is 56.4 Å². The highest BCUT2D eigenvalue weighted by molar-refractivity contribution is 7.80. The standard InChI is InChI=1S/C23H20FN5O5S2/c1-29-8-7-26-21(29)18-10-14-20(36-18)17(5-6-25-14)34-16-4-3-12(9-13(16)24)27-23(35)28-19(31)11-15(30)22(32)33-2/h3-10,15,30H,11H2,1-2H3,(H2,27,28,31,35)/t15-/m1/s1. The van der Waals surface area contributed by atoms with E-state index in [2.05, 4.69) is 25.3 Å². The van der Waals surface area contributed by atoms with Gasteiger partial charge in [0.05, 0.1) is 28.6 Å². The molecule has 13 heteroatoms. The molecule has 0 aliphatic rings. The molecule has 3 N–H and O–H groups in total. The van der Waals surface area contributed by atoms with E-state index in [1.54, 1.807) is 18.5 Å². The number of ether oxygens (including phenoxy) is 2. The number of aliphatic hydroxyl groups is 1. The molecule has 0 unspecified atom stereocenters. The highest BCUT2D eigenvalue weighted by Gasteiger charge is 2.20. The molecule has 0 saturated carbocycles. The van der Waals surface area contributed by atoms with Crippen molar-refractivity contribution in [2.75, 3.05) is 12.4 Å². The average molecular weight is 530 g/mol. The molecule has 3 heterocycles. The van der Waals surface area contributed by atoms with Crippen molar-refractivity contribution in [2.24, 2.45) is 7.05 Å². The summed E-state index contributed by atoms with van der Waals surface area (Å²) >= 11 is 6.47. The van der Waals surface area contributed by atoms with E-state index in [1.165, 1.54) is 23.5 Å². The minimum atomic E-state index is -1.62. The first-order valence-electron chi connectivity index (χ1n) is 10.5. The predicted molar refractivity (Wildman–Crippen MR) is 135 cm³/mol. The summed E-state index contributed by atoms with van der Waals surface area (Å²) in [5.74, 6) is -1.11. The molecule has 1 atom stereocenters. The lowest BCUT2D eigenvalue weighted by Gasteiger charge is -2.13. The topological polar surface area (TPSA) is 128 Å². The number of halogens is 1. The minimum Gasteiger partial charge on any atom is -0.467 e. The molecule has 186 valence electrons. The van der Waals surface area contributed by atoms with Crippen molar-refractivity contribution in [1.29, 1.82) is 0 Å². The van der Waals surface area contributed by atoms with Crippen molar-refractivity contribution in [1.82, 2.24) is 19.9 Å². The van der Waals surface area contributed by atoms with Crippen molar-refractivity contribution in [3.8, 4) is 22.2 Å². The zero-order valence-electron chi connectivity index (χ0n) is 19.0. The highest BCUT2D eigenvalue weighted by Crippen LogP contribution is 2.39. The third-order valence-corrected chi connectivity index (χ3v) is 6.27. The molecule has 0 bridgehead atoms. The number of imidazole rings is 1. The molecule has 4 rings (SSSR count). The lowest BCUT2D eigenvalue weighted by molar-refractivity contribution is -0.152. The number of nitrogens with one attached hydrogen (secondary N) is 2. The number of hydrogen-bond acceptors (Lipinski definition) is 9. The number of rotatable bonds is 7. The van der Waals surface area contributed by atoms with Crippen LogP contribution >= 0.6 is 23.6 Å². The summed E-state index contributed by atoms with van der Waals surface area (Å²) in [6, 6.07) is 7.65. The van der Waals surface area contributed by atoms with Gasteiger partial charge < -0.3 is 29.8 Å². The molecule has 1 aromatic carbocycles. The summed E-state index contributed by atoms with van der Waals surface area (Å²) in [7, 11) is 2.99. The molecule has 0 saturated heterocycles. The summed E-state index contributed by atoms with van der Waals surface area (Å²) < 4.78 is 27.7. The number of aromatic nitrogens is 3. The fourth-order valence-electron chi connectivity index (χ4n) is 3.22. The Bertz CT molecular complexity index is 1450. The number of thiocarbonyl (C=S) groups is 1. The number of methoxy groups -OCH3 is 1. The second-order valence-corrected chi connectivity index (χ2v) is 8.95. The Morgan fingerprint density at radius 2 is 2.03 bits per heavy atom. The van der Waals surface area contributed by atoms with Crippen molar-refractivity contribution in [2.45, 2.75) is 12.5 Å². The second-order valence-electron chi connectivity index (χ2n) is 7.49. The molecule has 1 amide bonds. The average Bonchev–Trinajstić information content (AvgIpc) is 3.46. The van der Waals surface area contributed by atoms with Gasteiger partial charge in [-0.15, -0.1) is 11.3 Å². The molecule has 36 heavy (non-hydrogen) atoms. The second kappa shape index (κ2) is 10.8. The van der Waals surface area contributed by atoms with Crippen LogP contribution in [0.1, 0.15) is 6.42 Å². The summed E-state index contributed by atoms with van der Waals surface area (Å²) in [5, 5.41) is 14.4.